The molecule has 0 unspecified atom stereocenters. The van der Waals surface area contributed by atoms with Gasteiger partial charge in [0, 0.05) is 31.1 Å². The molecular formula is C22H23F3N2O3. The molecule has 2 aromatic rings. The number of piperidine rings is 1. The maximum atomic E-state index is 12.8. The number of benzene rings is 2. The minimum Gasteiger partial charge on any atom is -0.497 e. The van der Waals surface area contributed by atoms with E-state index in [-0.39, 0.29) is 24.3 Å². The van der Waals surface area contributed by atoms with E-state index in [1.807, 2.05) is 0 Å². The number of nitrogens with one attached hydrogen (secondary N) is 1. The Morgan fingerprint density at radius 2 is 1.77 bits per heavy atom. The number of likely N-dealkylation sites (tertiary alicyclic amines) is 1. The van der Waals surface area contributed by atoms with Gasteiger partial charge < -0.3 is 15.0 Å². The Bertz CT molecular complexity index is 889. The second-order valence-corrected chi connectivity index (χ2v) is 7.21. The van der Waals surface area contributed by atoms with Crippen molar-refractivity contribution in [3.05, 3.63) is 65.2 Å². The second kappa shape index (κ2) is 9.19. The van der Waals surface area contributed by atoms with Crippen molar-refractivity contribution in [2.75, 3.05) is 20.2 Å². The van der Waals surface area contributed by atoms with Crippen molar-refractivity contribution in [3.63, 3.8) is 0 Å². The summed E-state index contributed by atoms with van der Waals surface area (Å²) in [5, 5.41) is 2.66. The zero-order valence-electron chi connectivity index (χ0n) is 16.5. The highest BCUT2D eigenvalue weighted by Gasteiger charge is 2.31. The van der Waals surface area contributed by atoms with Gasteiger partial charge in [-0.05, 0) is 54.8 Å². The summed E-state index contributed by atoms with van der Waals surface area (Å²) >= 11 is 0. The maximum Gasteiger partial charge on any atom is 0.416 e. The van der Waals surface area contributed by atoms with Crippen LogP contribution in [0.1, 0.15) is 34.3 Å². The fourth-order valence-corrected chi connectivity index (χ4v) is 3.48. The van der Waals surface area contributed by atoms with Crippen LogP contribution in [0.15, 0.2) is 48.5 Å². The lowest BCUT2D eigenvalue weighted by Crippen LogP contribution is -2.45. The number of urea groups is 1. The lowest BCUT2D eigenvalue weighted by atomic mass is 9.89. The molecule has 1 aliphatic heterocycles. The number of carbonyl (C=O) groups is 2. The molecule has 1 saturated heterocycles. The molecule has 160 valence electrons. The molecule has 3 rings (SSSR count). The Balaban J connectivity index is 1.50. The molecule has 1 N–H and O–H groups in total. The summed E-state index contributed by atoms with van der Waals surface area (Å²) < 4.78 is 43.5. The van der Waals surface area contributed by atoms with Crippen LogP contribution >= 0.6 is 0 Å². The molecule has 5 nitrogen and oxygen atoms in total. The summed E-state index contributed by atoms with van der Waals surface area (Å²) in [5.41, 5.74) is 0.248. The third-order valence-corrected chi connectivity index (χ3v) is 5.23. The standard InChI is InChI=1S/C22H23F3N2O3/c1-30-19-7-5-16(6-8-19)20(28)17-9-11-27(12-10-17)21(29)26-14-15-3-2-4-18(13-15)22(23,24)25/h2-8,13,17H,9-12,14H2,1H3,(H,26,29). The Morgan fingerprint density at radius 3 is 2.37 bits per heavy atom. The zero-order chi connectivity index (χ0) is 21.7. The highest BCUT2D eigenvalue weighted by molar-refractivity contribution is 5.98. The van der Waals surface area contributed by atoms with Gasteiger partial charge in [0.25, 0.3) is 0 Å². The van der Waals surface area contributed by atoms with Crippen LogP contribution in [0.25, 0.3) is 0 Å². The van der Waals surface area contributed by atoms with Gasteiger partial charge >= 0.3 is 12.2 Å². The van der Waals surface area contributed by atoms with Crippen LogP contribution in [0.5, 0.6) is 5.75 Å². The Hall–Kier alpha value is -3.03. The summed E-state index contributed by atoms with van der Waals surface area (Å²) in [7, 11) is 1.56. The molecule has 1 heterocycles. The van der Waals surface area contributed by atoms with Crippen LogP contribution in [0, 0.1) is 5.92 Å². The first kappa shape index (κ1) is 21.7. The molecule has 30 heavy (non-hydrogen) atoms. The molecule has 0 aliphatic carbocycles. The molecule has 2 amide bonds. The van der Waals surface area contributed by atoms with E-state index in [2.05, 4.69) is 5.32 Å². The van der Waals surface area contributed by atoms with Crippen LogP contribution in [0.3, 0.4) is 0 Å². The van der Waals surface area contributed by atoms with Gasteiger partial charge in [-0.3, -0.25) is 4.79 Å². The summed E-state index contributed by atoms with van der Waals surface area (Å²) in [5.74, 6) is 0.561. The fourth-order valence-electron chi connectivity index (χ4n) is 3.48. The van der Waals surface area contributed by atoms with Crippen molar-refractivity contribution >= 4 is 11.8 Å². The Kier molecular flexibility index (Phi) is 6.64. The third kappa shape index (κ3) is 5.31. The summed E-state index contributed by atoms with van der Waals surface area (Å²) in [4.78, 5) is 26.6. The predicted octanol–water partition coefficient (Wildman–Crippen LogP) is 4.52. The number of alkyl halides is 3. The monoisotopic (exact) mass is 420 g/mol. The first-order valence-electron chi connectivity index (χ1n) is 9.65. The highest BCUT2D eigenvalue weighted by atomic mass is 19.4. The van der Waals surface area contributed by atoms with Gasteiger partial charge in [-0.2, -0.15) is 13.2 Å². The van der Waals surface area contributed by atoms with E-state index in [0.717, 1.165) is 12.1 Å². The van der Waals surface area contributed by atoms with E-state index in [1.54, 1.807) is 36.3 Å². The van der Waals surface area contributed by atoms with E-state index in [1.165, 1.54) is 12.1 Å². The second-order valence-electron chi connectivity index (χ2n) is 7.21. The number of Topliss-reactive ketones (excluding diaryl/α,β-unsaturated/α-hetero) is 1. The number of hydrogen-bond acceptors (Lipinski definition) is 3. The highest BCUT2D eigenvalue weighted by Crippen LogP contribution is 2.29. The predicted molar refractivity (Wildman–Crippen MR) is 105 cm³/mol. The molecule has 2 aromatic carbocycles. The smallest absolute Gasteiger partial charge is 0.416 e. The number of ketones is 1. The lowest BCUT2D eigenvalue weighted by Gasteiger charge is -2.31. The molecule has 0 saturated carbocycles. The normalized spacial score (nSPS) is 15.0. The minimum absolute atomic E-state index is 0.00740. The molecule has 0 spiro atoms. The van der Waals surface area contributed by atoms with Crippen molar-refractivity contribution in [2.45, 2.75) is 25.6 Å². The minimum atomic E-state index is -4.42. The van der Waals surface area contributed by atoms with E-state index in [9.17, 15) is 22.8 Å². The van der Waals surface area contributed by atoms with E-state index >= 15 is 0 Å². The van der Waals surface area contributed by atoms with E-state index < -0.39 is 11.7 Å². The van der Waals surface area contributed by atoms with Crippen LogP contribution in [-0.4, -0.2) is 36.9 Å². The Labute approximate surface area is 172 Å². The van der Waals surface area contributed by atoms with Crippen molar-refractivity contribution in [2.24, 2.45) is 5.92 Å². The molecule has 0 radical (unpaired) electrons. The van der Waals surface area contributed by atoms with Crippen LogP contribution in [-0.2, 0) is 12.7 Å². The van der Waals surface area contributed by atoms with Crippen LogP contribution < -0.4 is 10.1 Å². The molecule has 1 fully saturated rings. The molecule has 0 bridgehead atoms. The van der Waals surface area contributed by atoms with Crippen LogP contribution in [0.4, 0.5) is 18.0 Å². The van der Waals surface area contributed by atoms with Gasteiger partial charge in [0.2, 0.25) is 0 Å². The van der Waals surface area contributed by atoms with Crippen molar-refractivity contribution in [3.8, 4) is 5.75 Å². The summed E-state index contributed by atoms with van der Waals surface area (Å²) in [6.07, 6.45) is -3.33. The largest absolute Gasteiger partial charge is 0.497 e. The SMILES string of the molecule is COc1ccc(C(=O)C2CCN(C(=O)NCc3cccc(C(F)(F)F)c3)CC2)cc1. The molecular weight excluding hydrogens is 397 g/mol. The van der Waals surface area contributed by atoms with Crippen molar-refractivity contribution < 1.29 is 27.5 Å². The first-order valence-corrected chi connectivity index (χ1v) is 9.65. The van der Waals surface area contributed by atoms with Gasteiger partial charge in [-0.1, -0.05) is 12.1 Å². The van der Waals surface area contributed by atoms with Crippen molar-refractivity contribution in [1.29, 1.82) is 0 Å². The summed E-state index contributed by atoms with van der Waals surface area (Å²) in [6, 6.07) is 11.5. The van der Waals surface area contributed by atoms with Gasteiger partial charge in [0.05, 0.1) is 12.7 Å². The van der Waals surface area contributed by atoms with Gasteiger partial charge in [-0.25, -0.2) is 4.79 Å². The number of methoxy groups -OCH3 is 1. The number of amides is 2. The number of rotatable bonds is 5. The average Bonchev–Trinajstić information content (AvgIpc) is 2.77. The Morgan fingerprint density at radius 1 is 1.10 bits per heavy atom. The maximum absolute atomic E-state index is 12.8. The van der Waals surface area contributed by atoms with Crippen LogP contribution in [0.2, 0.25) is 0 Å². The lowest BCUT2D eigenvalue weighted by molar-refractivity contribution is -0.137. The number of halogens is 3. The molecule has 0 aromatic heterocycles. The van der Waals surface area contributed by atoms with Crippen molar-refractivity contribution in [1.82, 2.24) is 10.2 Å². The summed E-state index contributed by atoms with van der Waals surface area (Å²) in [6.45, 7) is 0.843. The quantitative estimate of drug-likeness (QED) is 0.724. The molecule has 1 aliphatic rings. The van der Waals surface area contributed by atoms with Gasteiger partial charge in [0.15, 0.2) is 5.78 Å². The first-order chi connectivity index (χ1) is 14.3. The number of hydrogen-bond donors (Lipinski definition) is 1. The molecule has 0 atom stereocenters. The number of carbonyl (C=O) groups excluding carboxylic acids is 2. The fraction of sp³-hybridized carbons (Fsp3) is 0.364. The van der Waals surface area contributed by atoms with Gasteiger partial charge in [0.1, 0.15) is 5.75 Å². The van der Waals surface area contributed by atoms with E-state index in [4.69, 9.17) is 4.74 Å². The van der Waals surface area contributed by atoms with E-state index in [0.29, 0.717) is 42.8 Å². The topological polar surface area (TPSA) is 58.6 Å². The number of ether oxygens (including phenoxy) is 1. The average molecular weight is 420 g/mol. The van der Waals surface area contributed by atoms with Gasteiger partial charge in [-0.15, -0.1) is 0 Å². The number of nitrogens with zero attached hydrogens (tertiary/aromatic N) is 1. The molecule has 8 heteroatoms. The third-order valence-electron chi connectivity index (χ3n) is 5.23. The zero-order valence-corrected chi connectivity index (χ0v) is 16.5.